The highest BCUT2D eigenvalue weighted by Gasteiger charge is 2.39. The van der Waals surface area contributed by atoms with Gasteiger partial charge in [-0.15, -0.1) is 11.3 Å². The number of hydrogen-bond donors (Lipinski definition) is 2. The highest BCUT2D eigenvalue weighted by Crippen LogP contribution is 2.31. The SMILES string of the molecule is CCNC(=NCC1(N2CCCCC2)CCN(C)CC1)NCCc1cccs1. The van der Waals surface area contributed by atoms with E-state index in [1.807, 2.05) is 11.3 Å². The van der Waals surface area contributed by atoms with Gasteiger partial charge in [0.2, 0.25) is 0 Å². The van der Waals surface area contributed by atoms with Gasteiger partial charge in [0.05, 0.1) is 6.54 Å². The highest BCUT2D eigenvalue weighted by molar-refractivity contribution is 7.09. The fourth-order valence-corrected chi connectivity index (χ4v) is 5.01. The molecule has 0 unspecified atom stereocenters. The van der Waals surface area contributed by atoms with Gasteiger partial charge >= 0.3 is 0 Å². The van der Waals surface area contributed by atoms with E-state index >= 15 is 0 Å². The Morgan fingerprint density at radius 3 is 2.59 bits per heavy atom. The smallest absolute Gasteiger partial charge is 0.191 e. The van der Waals surface area contributed by atoms with Crippen molar-refractivity contribution in [1.29, 1.82) is 0 Å². The zero-order valence-electron chi connectivity index (χ0n) is 17.2. The molecule has 2 aliphatic rings. The average Bonchev–Trinajstić information content (AvgIpc) is 3.22. The van der Waals surface area contributed by atoms with Crippen LogP contribution in [0, 0.1) is 0 Å². The minimum atomic E-state index is 0.253. The number of hydrogen-bond acceptors (Lipinski definition) is 4. The van der Waals surface area contributed by atoms with Gasteiger partial charge in [-0.3, -0.25) is 9.89 Å². The molecule has 0 bridgehead atoms. The van der Waals surface area contributed by atoms with E-state index in [1.165, 1.54) is 63.2 Å². The van der Waals surface area contributed by atoms with E-state index in [1.54, 1.807) is 0 Å². The molecule has 152 valence electrons. The van der Waals surface area contributed by atoms with Crippen LogP contribution >= 0.6 is 11.3 Å². The van der Waals surface area contributed by atoms with Gasteiger partial charge in [0.25, 0.3) is 0 Å². The first-order valence-electron chi connectivity index (χ1n) is 10.7. The van der Waals surface area contributed by atoms with Crippen molar-refractivity contribution >= 4 is 17.3 Å². The molecule has 0 amide bonds. The Kier molecular flexibility index (Phi) is 7.97. The number of nitrogens with one attached hydrogen (secondary N) is 2. The topological polar surface area (TPSA) is 42.9 Å². The molecule has 2 N–H and O–H groups in total. The fraction of sp³-hybridized carbons (Fsp3) is 0.762. The summed E-state index contributed by atoms with van der Waals surface area (Å²) in [5.41, 5.74) is 0.253. The number of piperidine rings is 2. The highest BCUT2D eigenvalue weighted by atomic mass is 32.1. The molecule has 1 aromatic rings. The standard InChI is InChI=1S/C21H37N5S/c1-3-22-20(23-12-9-19-8-7-17-27-19)24-18-21(10-15-25(2)16-11-21)26-13-5-4-6-14-26/h7-8,17H,3-6,9-16,18H2,1-2H3,(H2,22,23,24). The Hall–Kier alpha value is -1.11. The molecule has 0 radical (unpaired) electrons. The third-order valence-corrected chi connectivity index (χ3v) is 7.00. The molecule has 3 heterocycles. The first-order valence-corrected chi connectivity index (χ1v) is 11.6. The molecule has 0 spiro atoms. The molecule has 2 aliphatic heterocycles. The minimum Gasteiger partial charge on any atom is -0.357 e. The summed E-state index contributed by atoms with van der Waals surface area (Å²) in [6, 6.07) is 4.34. The summed E-state index contributed by atoms with van der Waals surface area (Å²) in [5, 5.41) is 9.14. The number of aliphatic imine (C=N–C) groups is 1. The maximum Gasteiger partial charge on any atom is 0.191 e. The summed E-state index contributed by atoms with van der Waals surface area (Å²) >= 11 is 1.83. The Morgan fingerprint density at radius 2 is 1.93 bits per heavy atom. The van der Waals surface area contributed by atoms with Gasteiger partial charge in [0.15, 0.2) is 5.96 Å². The summed E-state index contributed by atoms with van der Waals surface area (Å²) in [5.74, 6) is 0.976. The Labute approximate surface area is 169 Å². The number of rotatable bonds is 7. The molecule has 27 heavy (non-hydrogen) atoms. The second kappa shape index (κ2) is 10.4. The molecule has 0 atom stereocenters. The van der Waals surface area contributed by atoms with Crippen LogP contribution in [-0.4, -0.2) is 74.2 Å². The number of guanidine groups is 1. The average molecular weight is 392 g/mol. The minimum absolute atomic E-state index is 0.253. The molecule has 0 aliphatic carbocycles. The van der Waals surface area contributed by atoms with Gasteiger partial charge in [-0.2, -0.15) is 0 Å². The predicted molar refractivity (Wildman–Crippen MR) is 117 cm³/mol. The van der Waals surface area contributed by atoms with Gasteiger partial charge in [-0.05, 0) is 83.7 Å². The van der Waals surface area contributed by atoms with Crippen molar-refractivity contribution in [3.63, 3.8) is 0 Å². The fourth-order valence-electron chi connectivity index (χ4n) is 4.30. The number of likely N-dealkylation sites (tertiary alicyclic amines) is 2. The third-order valence-electron chi connectivity index (χ3n) is 6.06. The molecule has 5 nitrogen and oxygen atoms in total. The van der Waals surface area contributed by atoms with Crippen LogP contribution in [0.2, 0.25) is 0 Å². The molecule has 0 aromatic carbocycles. The van der Waals surface area contributed by atoms with Gasteiger partial charge in [0, 0.05) is 23.5 Å². The van der Waals surface area contributed by atoms with Crippen LogP contribution < -0.4 is 10.6 Å². The van der Waals surface area contributed by atoms with E-state index in [4.69, 9.17) is 4.99 Å². The molecule has 2 saturated heterocycles. The second-order valence-corrected chi connectivity index (χ2v) is 9.06. The van der Waals surface area contributed by atoms with Crippen LogP contribution in [0.3, 0.4) is 0 Å². The lowest BCUT2D eigenvalue weighted by Gasteiger charge is -2.49. The van der Waals surface area contributed by atoms with Crippen LogP contribution in [0.4, 0.5) is 0 Å². The zero-order chi connectivity index (χ0) is 19.0. The third kappa shape index (κ3) is 5.93. The Bertz CT molecular complexity index is 557. The van der Waals surface area contributed by atoms with E-state index in [-0.39, 0.29) is 5.54 Å². The van der Waals surface area contributed by atoms with Crippen molar-refractivity contribution in [3.05, 3.63) is 22.4 Å². The quantitative estimate of drug-likeness (QED) is 0.554. The lowest BCUT2D eigenvalue weighted by atomic mass is 9.84. The number of thiophene rings is 1. The van der Waals surface area contributed by atoms with Gasteiger partial charge in [-0.1, -0.05) is 12.5 Å². The monoisotopic (exact) mass is 391 g/mol. The number of nitrogens with zero attached hydrogens (tertiary/aromatic N) is 3. The first-order chi connectivity index (χ1) is 13.2. The van der Waals surface area contributed by atoms with Crippen LogP contribution in [0.25, 0.3) is 0 Å². The van der Waals surface area contributed by atoms with E-state index < -0.39 is 0 Å². The van der Waals surface area contributed by atoms with E-state index in [2.05, 4.69) is 51.9 Å². The van der Waals surface area contributed by atoms with Crippen molar-refractivity contribution in [2.45, 2.75) is 51.0 Å². The summed E-state index contributed by atoms with van der Waals surface area (Å²) in [6.07, 6.45) is 7.62. The Balaban J connectivity index is 1.62. The molecule has 2 fully saturated rings. The molecular formula is C21H37N5S. The molecular weight excluding hydrogens is 354 g/mol. The normalized spacial score (nSPS) is 21.9. The lowest BCUT2D eigenvalue weighted by Crippen LogP contribution is -2.58. The van der Waals surface area contributed by atoms with Crippen LogP contribution in [0.15, 0.2) is 22.5 Å². The van der Waals surface area contributed by atoms with E-state index in [0.29, 0.717) is 0 Å². The maximum atomic E-state index is 5.07. The summed E-state index contributed by atoms with van der Waals surface area (Å²) in [7, 11) is 2.25. The van der Waals surface area contributed by atoms with Crippen LogP contribution in [-0.2, 0) is 6.42 Å². The van der Waals surface area contributed by atoms with Crippen LogP contribution in [0.1, 0.15) is 43.9 Å². The maximum absolute atomic E-state index is 5.07. The largest absolute Gasteiger partial charge is 0.357 e. The molecule has 3 rings (SSSR count). The van der Waals surface area contributed by atoms with E-state index in [9.17, 15) is 0 Å². The van der Waals surface area contributed by atoms with E-state index in [0.717, 1.165) is 32.0 Å². The zero-order valence-corrected chi connectivity index (χ0v) is 18.0. The lowest BCUT2D eigenvalue weighted by molar-refractivity contribution is 0.0208. The van der Waals surface area contributed by atoms with Crippen molar-refractivity contribution in [2.24, 2.45) is 4.99 Å². The van der Waals surface area contributed by atoms with Crippen molar-refractivity contribution < 1.29 is 0 Å². The summed E-state index contributed by atoms with van der Waals surface area (Å²) in [6.45, 7) is 9.78. The van der Waals surface area contributed by atoms with Gasteiger partial charge < -0.3 is 15.5 Å². The summed E-state index contributed by atoms with van der Waals surface area (Å²) in [4.78, 5) is 11.7. The first kappa shape index (κ1) is 20.6. The Morgan fingerprint density at radius 1 is 1.15 bits per heavy atom. The summed E-state index contributed by atoms with van der Waals surface area (Å²) < 4.78 is 0. The van der Waals surface area contributed by atoms with Crippen molar-refractivity contribution in [2.75, 3.05) is 52.9 Å². The van der Waals surface area contributed by atoms with Crippen molar-refractivity contribution in [1.82, 2.24) is 20.4 Å². The second-order valence-electron chi connectivity index (χ2n) is 8.03. The molecule has 1 aromatic heterocycles. The van der Waals surface area contributed by atoms with Crippen LogP contribution in [0.5, 0.6) is 0 Å². The van der Waals surface area contributed by atoms with Gasteiger partial charge in [0.1, 0.15) is 0 Å². The van der Waals surface area contributed by atoms with Gasteiger partial charge in [-0.25, -0.2) is 0 Å². The predicted octanol–water partition coefficient (Wildman–Crippen LogP) is 2.80. The molecule has 6 heteroatoms. The molecule has 0 saturated carbocycles. The van der Waals surface area contributed by atoms with Crippen molar-refractivity contribution in [3.8, 4) is 0 Å².